The molecule has 152 valence electrons. The van der Waals surface area contributed by atoms with E-state index in [1.54, 1.807) is 0 Å². The Morgan fingerprint density at radius 2 is 1.66 bits per heavy atom. The van der Waals surface area contributed by atoms with E-state index in [1.807, 2.05) is 25.1 Å². The van der Waals surface area contributed by atoms with E-state index in [-0.39, 0.29) is 11.9 Å². The maximum absolute atomic E-state index is 13.3. The van der Waals surface area contributed by atoms with E-state index in [9.17, 15) is 4.79 Å². The number of nitrogens with one attached hydrogen (secondary N) is 3. The van der Waals surface area contributed by atoms with Gasteiger partial charge in [0.25, 0.3) is 5.91 Å². The van der Waals surface area contributed by atoms with Gasteiger partial charge in [0.05, 0.1) is 11.6 Å². The molecule has 0 bridgehead atoms. The van der Waals surface area contributed by atoms with Gasteiger partial charge in [0, 0.05) is 11.4 Å². The second kappa shape index (κ2) is 8.78. The predicted octanol–water partition coefficient (Wildman–Crippen LogP) is 5.36. The standard InChI is InChI=1S/C24H29N3OS/c1-14(2)17-10-12-18(13-11-17)22-21(16(5)25-24(29)27-22)23(28)26-20-9-7-6-8-19(20)15(3)4/h6-15,22H,1-5H3,(H,26,28)(H2,25,27,29)/t22-/m0/s1. The number of benzene rings is 2. The molecule has 29 heavy (non-hydrogen) atoms. The van der Waals surface area contributed by atoms with E-state index < -0.39 is 0 Å². The average Bonchev–Trinajstić information content (AvgIpc) is 2.67. The zero-order valence-electron chi connectivity index (χ0n) is 17.7. The highest BCUT2D eigenvalue weighted by Gasteiger charge is 2.30. The summed E-state index contributed by atoms with van der Waals surface area (Å²) in [5.41, 5.74) is 5.66. The van der Waals surface area contributed by atoms with E-state index in [0.29, 0.717) is 22.5 Å². The Hall–Kier alpha value is -2.66. The summed E-state index contributed by atoms with van der Waals surface area (Å²) in [5.74, 6) is 0.644. The molecule has 1 heterocycles. The Morgan fingerprint density at radius 1 is 1.00 bits per heavy atom. The lowest BCUT2D eigenvalue weighted by molar-refractivity contribution is -0.113. The Balaban J connectivity index is 1.95. The van der Waals surface area contributed by atoms with E-state index >= 15 is 0 Å². The first-order valence-electron chi connectivity index (χ1n) is 10.1. The Bertz CT molecular complexity index is 945. The van der Waals surface area contributed by atoms with Crippen LogP contribution in [0.2, 0.25) is 0 Å². The van der Waals surface area contributed by atoms with Crippen LogP contribution in [0.1, 0.15) is 69.2 Å². The minimum absolute atomic E-state index is 0.129. The number of hydrogen-bond acceptors (Lipinski definition) is 2. The van der Waals surface area contributed by atoms with Gasteiger partial charge in [0.2, 0.25) is 0 Å². The van der Waals surface area contributed by atoms with Gasteiger partial charge < -0.3 is 16.0 Å². The minimum atomic E-state index is -0.295. The van der Waals surface area contributed by atoms with Crippen LogP contribution in [0, 0.1) is 0 Å². The molecule has 1 aliphatic heterocycles. The number of anilines is 1. The van der Waals surface area contributed by atoms with Gasteiger partial charge in [0.15, 0.2) is 5.11 Å². The van der Waals surface area contributed by atoms with Gasteiger partial charge >= 0.3 is 0 Å². The fourth-order valence-corrected chi connectivity index (χ4v) is 3.89. The van der Waals surface area contributed by atoms with Crippen LogP contribution >= 0.6 is 12.2 Å². The summed E-state index contributed by atoms with van der Waals surface area (Å²) in [4.78, 5) is 13.3. The lowest BCUT2D eigenvalue weighted by Crippen LogP contribution is -2.45. The quantitative estimate of drug-likeness (QED) is 0.584. The largest absolute Gasteiger partial charge is 0.351 e. The maximum atomic E-state index is 13.3. The van der Waals surface area contributed by atoms with Gasteiger partial charge in [-0.25, -0.2) is 0 Å². The molecule has 1 aliphatic rings. The smallest absolute Gasteiger partial charge is 0.255 e. The van der Waals surface area contributed by atoms with E-state index in [4.69, 9.17) is 12.2 Å². The molecular formula is C24H29N3OS. The summed E-state index contributed by atoms with van der Waals surface area (Å²) >= 11 is 5.36. The second-order valence-corrected chi connectivity index (χ2v) is 8.50. The molecule has 0 radical (unpaired) electrons. The summed E-state index contributed by atoms with van der Waals surface area (Å²) in [7, 11) is 0. The molecule has 4 nitrogen and oxygen atoms in total. The Morgan fingerprint density at radius 3 is 2.28 bits per heavy atom. The second-order valence-electron chi connectivity index (χ2n) is 8.09. The molecule has 1 amide bonds. The lowest BCUT2D eigenvalue weighted by atomic mass is 9.92. The van der Waals surface area contributed by atoms with Crippen LogP contribution in [-0.2, 0) is 4.79 Å². The molecule has 0 fully saturated rings. The Kier molecular flexibility index (Phi) is 6.38. The van der Waals surface area contributed by atoms with Crippen molar-refractivity contribution in [2.45, 2.75) is 52.5 Å². The number of allylic oxidation sites excluding steroid dienone is 1. The molecule has 3 N–H and O–H groups in total. The van der Waals surface area contributed by atoms with Crippen LogP contribution in [0.4, 0.5) is 5.69 Å². The van der Waals surface area contributed by atoms with Crippen molar-refractivity contribution in [3.05, 3.63) is 76.5 Å². The lowest BCUT2D eigenvalue weighted by Gasteiger charge is -2.30. The molecule has 0 spiro atoms. The molecule has 0 aliphatic carbocycles. The highest BCUT2D eigenvalue weighted by molar-refractivity contribution is 7.80. The van der Waals surface area contributed by atoms with E-state index in [0.717, 1.165) is 22.5 Å². The van der Waals surface area contributed by atoms with Gasteiger partial charge in [-0.05, 0) is 53.7 Å². The molecule has 0 saturated heterocycles. The first-order valence-corrected chi connectivity index (χ1v) is 10.5. The van der Waals surface area contributed by atoms with Crippen molar-refractivity contribution in [3.63, 3.8) is 0 Å². The molecular weight excluding hydrogens is 378 g/mol. The maximum Gasteiger partial charge on any atom is 0.255 e. The number of carbonyl (C=O) groups excluding carboxylic acids is 1. The third kappa shape index (κ3) is 4.67. The fraction of sp³-hybridized carbons (Fsp3) is 0.333. The molecule has 0 saturated carbocycles. The molecule has 0 unspecified atom stereocenters. The van der Waals surface area contributed by atoms with Gasteiger partial charge in [-0.1, -0.05) is 70.2 Å². The predicted molar refractivity (Wildman–Crippen MR) is 124 cm³/mol. The molecule has 5 heteroatoms. The van der Waals surface area contributed by atoms with Gasteiger partial charge in [-0.15, -0.1) is 0 Å². The van der Waals surface area contributed by atoms with Crippen LogP contribution in [-0.4, -0.2) is 11.0 Å². The monoisotopic (exact) mass is 407 g/mol. The van der Waals surface area contributed by atoms with Crippen LogP contribution in [0.15, 0.2) is 59.8 Å². The van der Waals surface area contributed by atoms with Gasteiger partial charge in [-0.3, -0.25) is 4.79 Å². The summed E-state index contributed by atoms with van der Waals surface area (Å²) in [5, 5.41) is 10.0. The number of para-hydroxylation sites is 1. The zero-order valence-corrected chi connectivity index (χ0v) is 18.5. The molecule has 2 aromatic rings. The van der Waals surface area contributed by atoms with Crippen LogP contribution < -0.4 is 16.0 Å². The fourth-order valence-electron chi connectivity index (χ4n) is 3.62. The van der Waals surface area contributed by atoms with E-state index in [1.165, 1.54) is 5.56 Å². The Labute approximate surface area is 178 Å². The summed E-state index contributed by atoms with van der Waals surface area (Å²) in [6.45, 7) is 10.5. The summed E-state index contributed by atoms with van der Waals surface area (Å²) in [6, 6.07) is 16.0. The number of carbonyl (C=O) groups is 1. The molecule has 0 aromatic heterocycles. The topological polar surface area (TPSA) is 53.2 Å². The molecule has 3 rings (SSSR count). The van der Waals surface area contributed by atoms with E-state index in [2.05, 4.69) is 74.0 Å². The van der Waals surface area contributed by atoms with Crippen molar-refractivity contribution in [2.75, 3.05) is 5.32 Å². The van der Waals surface area contributed by atoms with Crippen molar-refractivity contribution >= 4 is 28.9 Å². The van der Waals surface area contributed by atoms with Crippen LogP contribution in [0.3, 0.4) is 0 Å². The normalized spacial score (nSPS) is 16.7. The number of thiocarbonyl (C=S) groups is 1. The van der Waals surface area contributed by atoms with Crippen molar-refractivity contribution in [1.29, 1.82) is 0 Å². The number of rotatable bonds is 5. The van der Waals surface area contributed by atoms with Gasteiger partial charge in [-0.2, -0.15) is 0 Å². The molecule has 1 atom stereocenters. The van der Waals surface area contributed by atoms with Crippen molar-refractivity contribution in [2.24, 2.45) is 0 Å². The van der Waals surface area contributed by atoms with Crippen LogP contribution in [0.5, 0.6) is 0 Å². The van der Waals surface area contributed by atoms with Crippen molar-refractivity contribution < 1.29 is 4.79 Å². The molecule has 2 aromatic carbocycles. The third-order valence-electron chi connectivity index (χ3n) is 5.28. The minimum Gasteiger partial charge on any atom is -0.351 e. The highest BCUT2D eigenvalue weighted by atomic mass is 32.1. The number of amides is 1. The summed E-state index contributed by atoms with van der Waals surface area (Å²) < 4.78 is 0. The average molecular weight is 408 g/mol. The third-order valence-corrected chi connectivity index (χ3v) is 5.50. The van der Waals surface area contributed by atoms with Gasteiger partial charge in [0.1, 0.15) is 0 Å². The SMILES string of the molecule is CC1=C(C(=O)Nc2ccccc2C(C)C)[C@H](c2ccc(C(C)C)cc2)NC(=S)N1. The van der Waals surface area contributed by atoms with Crippen molar-refractivity contribution in [1.82, 2.24) is 10.6 Å². The first kappa shape index (κ1) is 21.1. The van der Waals surface area contributed by atoms with Crippen LogP contribution in [0.25, 0.3) is 0 Å². The number of hydrogen-bond donors (Lipinski definition) is 3. The first-order chi connectivity index (χ1) is 13.8. The zero-order chi connectivity index (χ0) is 21.1. The van der Waals surface area contributed by atoms with Crippen molar-refractivity contribution in [3.8, 4) is 0 Å². The summed E-state index contributed by atoms with van der Waals surface area (Å²) in [6.07, 6.45) is 0. The highest BCUT2D eigenvalue weighted by Crippen LogP contribution is 2.30.